The summed E-state index contributed by atoms with van der Waals surface area (Å²) >= 11 is 1.75. The molecule has 1 aliphatic carbocycles. The predicted octanol–water partition coefficient (Wildman–Crippen LogP) is 6.16. The molecule has 0 fully saturated rings. The van der Waals surface area contributed by atoms with E-state index in [4.69, 9.17) is 0 Å². The Hall–Kier alpha value is -2.13. The number of hydrogen-bond acceptors (Lipinski definition) is 3. The second-order valence-electron chi connectivity index (χ2n) is 6.71. The van der Waals surface area contributed by atoms with Gasteiger partial charge in [-0.05, 0) is 42.9 Å². The molecule has 0 amide bonds. The van der Waals surface area contributed by atoms with Crippen LogP contribution < -0.4 is 5.32 Å². The van der Waals surface area contributed by atoms with Crippen LogP contribution in [0.1, 0.15) is 62.8 Å². The first-order valence-corrected chi connectivity index (χ1v) is 10.3. The molecule has 136 valence electrons. The fourth-order valence-electron chi connectivity index (χ4n) is 3.93. The van der Waals surface area contributed by atoms with Crippen LogP contribution in [-0.2, 0) is 4.79 Å². The lowest BCUT2D eigenvalue weighted by atomic mass is 9.73. The van der Waals surface area contributed by atoms with Gasteiger partial charge in [0.05, 0.1) is 0 Å². The van der Waals surface area contributed by atoms with E-state index in [-0.39, 0.29) is 5.92 Å². The lowest BCUT2D eigenvalue weighted by molar-refractivity contribution is -0.116. The average Bonchev–Trinajstić information content (AvgIpc) is 3.20. The van der Waals surface area contributed by atoms with Crippen molar-refractivity contribution >= 4 is 17.1 Å². The van der Waals surface area contributed by atoms with Crippen molar-refractivity contribution in [2.24, 2.45) is 0 Å². The summed E-state index contributed by atoms with van der Waals surface area (Å²) in [6.45, 7) is 8.26. The van der Waals surface area contributed by atoms with Crippen LogP contribution in [0, 0.1) is 0 Å². The zero-order chi connectivity index (χ0) is 18.7. The second kappa shape index (κ2) is 8.05. The van der Waals surface area contributed by atoms with Crippen molar-refractivity contribution in [3.05, 3.63) is 80.8 Å². The molecule has 2 unspecified atom stereocenters. The maximum Gasteiger partial charge on any atom is 0.162 e. The number of Topliss-reactive ketones (excluding diaryl/α,β-unsaturated/α-hetero) is 1. The van der Waals surface area contributed by atoms with Crippen LogP contribution in [0.2, 0.25) is 0 Å². The topological polar surface area (TPSA) is 29.1 Å². The minimum atomic E-state index is 0.0965. The molecule has 0 bridgehead atoms. The van der Waals surface area contributed by atoms with Crippen LogP contribution in [0.15, 0.2) is 70.4 Å². The van der Waals surface area contributed by atoms with Gasteiger partial charge in [-0.3, -0.25) is 4.79 Å². The van der Waals surface area contributed by atoms with Crippen molar-refractivity contribution in [1.29, 1.82) is 0 Å². The molecule has 2 aromatic rings. The monoisotopic (exact) mass is 365 g/mol. The van der Waals surface area contributed by atoms with Crippen molar-refractivity contribution in [1.82, 2.24) is 5.32 Å². The normalized spacial score (nSPS) is 22.4. The van der Waals surface area contributed by atoms with Gasteiger partial charge in [0.2, 0.25) is 0 Å². The minimum Gasteiger partial charge on any atom is -0.362 e. The molecule has 0 radical (unpaired) electrons. The first-order chi connectivity index (χ1) is 12.6. The zero-order valence-corrected chi connectivity index (χ0v) is 16.8. The molecule has 2 atom stereocenters. The number of ketones is 1. The van der Waals surface area contributed by atoms with Gasteiger partial charge in [-0.1, -0.05) is 50.2 Å². The molecule has 1 aliphatic heterocycles. The van der Waals surface area contributed by atoms with E-state index in [0.29, 0.717) is 18.1 Å². The Morgan fingerprint density at radius 2 is 1.73 bits per heavy atom. The smallest absolute Gasteiger partial charge is 0.162 e. The fraction of sp³-hybridized carbons (Fsp3) is 0.348. The average molecular weight is 366 g/mol. The van der Waals surface area contributed by atoms with E-state index in [1.807, 2.05) is 19.9 Å². The highest BCUT2D eigenvalue weighted by molar-refractivity contribution is 7.10. The van der Waals surface area contributed by atoms with Gasteiger partial charge in [0.25, 0.3) is 0 Å². The number of allylic oxidation sites excluding steroid dienone is 4. The van der Waals surface area contributed by atoms with Crippen molar-refractivity contribution in [2.45, 2.75) is 52.4 Å². The van der Waals surface area contributed by atoms with E-state index < -0.39 is 0 Å². The largest absolute Gasteiger partial charge is 0.362 e. The van der Waals surface area contributed by atoms with Crippen molar-refractivity contribution < 1.29 is 4.79 Å². The molecule has 4 rings (SSSR count). The third-order valence-corrected chi connectivity index (χ3v) is 6.27. The van der Waals surface area contributed by atoms with Crippen molar-refractivity contribution in [3.8, 4) is 0 Å². The highest BCUT2D eigenvalue weighted by Crippen LogP contribution is 2.45. The summed E-state index contributed by atoms with van der Waals surface area (Å²) in [6, 6.07) is 14.6. The van der Waals surface area contributed by atoms with E-state index in [1.165, 1.54) is 21.7 Å². The van der Waals surface area contributed by atoms with Gasteiger partial charge in [0.1, 0.15) is 0 Å². The van der Waals surface area contributed by atoms with Gasteiger partial charge < -0.3 is 5.32 Å². The number of hydrogen-bond donors (Lipinski definition) is 1. The Balaban J connectivity index is 0.000000948. The quantitative estimate of drug-likeness (QED) is 0.691. The molecular weight excluding hydrogens is 338 g/mol. The molecule has 3 heteroatoms. The number of rotatable bonds is 2. The summed E-state index contributed by atoms with van der Waals surface area (Å²) < 4.78 is 0. The van der Waals surface area contributed by atoms with Crippen LogP contribution in [0.25, 0.3) is 0 Å². The number of dihydropyridines is 1. The minimum absolute atomic E-state index is 0.0965. The first-order valence-electron chi connectivity index (χ1n) is 9.44. The maximum atomic E-state index is 13.1. The maximum absolute atomic E-state index is 13.1. The molecule has 0 saturated carbocycles. The van der Waals surface area contributed by atoms with E-state index in [2.05, 4.69) is 60.9 Å². The van der Waals surface area contributed by atoms with Gasteiger partial charge in [0.15, 0.2) is 5.78 Å². The van der Waals surface area contributed by atoms with Gasteiger partial charge in [-0.25, -0.2) is 0 Å². The Kier molecular flexibility index (Phi) is 5.77. The number of nitrogens with one attached hydrogen (secondary N) is 1. The number of carbonyl (C=O) groups is 1. The summed E-state index contributed by atoms with van der Waals surface area (Å²) in [5.41, 5.74) is 5.76. The molecular formula is C23H27NOS. The molecule has 1 N–H and O–H groups in total. The Morgan fingerprint density at radius 1 is 1.00 bits per heavy atom. The van der Waals surface area contributed by atoms with E-state index in [1.54, 1.807) is 11.3 Å². The molecule has 0 spiro atoms. The molecule has 2 heterocycles. The molecule has 1 aromatic carbocycles. The predicted molar refractivity (Wildman–Crippen MR) is 110 cm³/mol. The molecule has 2 aliphatic rings. The van der Waals surface area contributed by atoms with Crippen molar-refractivity contribution in [3.63, 3.8) is 0 Å². The first kappa shape index (κ1) is 18.7. The summed E-state index contributed by atoms with van der Waals surface area (Å²) in [4.78, 5) is 14.4. The molecule has 1 aromatic heterocycles. The number of benzene rings is 1. The van der Waals surface area contributed by atoms with Crippen LogP contribution in [0.5, 0.6) is 0 Å². The Bertz CT molecular complexity index is 830. The lowest BCUT2D eigenvalue weighted by Crippen LogP contribution is -2.33. The molecule has 0 saturated heterocycles. The summed E-state index contributed by atoms with van der Waals surface area (Å²) in [5, 5.41) is 5.63. The van der Waals surface area contributed by atoms with Gasteiger partial charge >= 0.3 is 0 Å². The third-order valence-electron chi connectivity index (χ3n) is 5.24. The standard InChI is InChI=1S/C21H21NOS.C2H6/c1-13-14(2)22-17-11-16(19-9-6-10-24-19)12-18(23)21(17)20(13)15-7-4-3-5-8-15;1-2/h3-10,16,20,22H,11-12H2,1-2H3;1-2H3. The highest BCUT2D eigenvalue weighted by atomic mass is 32.1. The molecule has 26 heavy (non-hydrogen) atoms. The summed E-state index contributed by atoms with van der Waals surface area (Å²) in [5.74, 6) is 0.702. The second-order valence-corrected chi connectivity index (χ2v) is 7.69. The zero-order valence-electron chi connectivity index (χ0n) is 16.0. The fourth-order valence-corrected chi connectivity index (χ4v) is 4.76. The van der Waals surface area contributed by atoms with E-state index >= 15 is 0 Å². The Morgan fingerprint density at radius 3 is 2.38 bits per heavy atom. The third kappa shape index (κ3) is 3.41. The van der Waals surface area contributed by atoms with Gasteiger partial charge in [-0.15, -0.1) is 11.3 Å². The van der Waals surface area contributed by atoms with Crippen LogP contribution in [0.3, 0.4) is 0 Å². The lowest BCUT2D eigenvalue weighted by Gasteiger charge is -2.36. The summed E-state index contributed by atoms with van der Waals surface area (Å²) in [7, 11) is 0. The van der Waals surface area contributed by atoms with E-state index in [0.717, 1.165) is 17.7 Å². The van der Waals surface area contributed by atoms with Crippen molar-refractivity contribution in [2.75, 3.05) is 0 Å². The van der Waals surface area contributed by atoms with Gasteiger partial charge in [0, 0.05) is 40.1 Å². The molecule has 2 nitrogen and oxygen atoms in total. The van der Waals surface area contributed by atoms with Gasteiger partial charge in [-0.2, -0.15) is 0 Å². The van der Waals surface area contributed by atoms with Crippen LogP contribution in [0.4, 0.5) is 0 Å². The van der Waals surface area contributed by atoms with Crippen LogP contribution >= 0.6 is 11.3 Å². The Labute approximate surface area is 160 Å². The SMILES string of the molecule is CC.CC1=C(C)C(c2ccccc2)C2=C(CC(c3cccs3)CC2=O)N1. The highest BCUT2D eigenvalue weighted by Gasteiger charge is 2.37. The van der Waals surface area contributed by atoms with E-state index in [9.17, 15) is 4.79 Å². The number of thiophene rings is 1. The number of carbonyl (C=O) groups excluding carboxylic acids is 1. The van der Waals surface area contributed by atoms with Crippen LogP contribution in [-0.4, -0.2) is 5.78 Å². The summed E-state index contributed by atoms with van der Waals surface area (Å²) in [6.07, 6.45) is 1.55.